The molecule has 0 saturated heterocycles. The maximum absolute atomic E-state index is 12.3. The minimum atomic E-state index is -0.0739. The molecule has 1 rings (SSSR count). The van der Waals surface area contributed by atoms with E-state index >= 15 is 0 Å². The molecule has 0 aliphatic rings. The van der Waals surface area contributed by atoms with E-state index in [4.69, 9.17) is 5.11 Å². The third-order valence-corrected chi connectivity index (χ3v) is 3.59. The first-order chi connectivity index (χ1) is 10.1. The first kappa shape index (κ1) is 17.3. The summed E-state index contributed by atoms with van der Waals surface area (Å²) in [7, 11) is 0. The molecule has 0 aliphatic heterocycles. The lowest BCUT2D eigenvalue weighted by molar-refractivity contribution is 0.0946. The lowest BCUT2D eigenvalue weighted by Gasteiger charge is -2.14. The van der Waals surface area contributed by atoms with Gasteiger partial charge in [-0.15, -0.1) is 0 Å². The van der Waals surface area contributed by atoms with Gasteiger partial charge >= 0.3 is 0 Å². The van der Waals surface area contributed by atoms with E-state index in [1.807, 2.05) is 25.1 Å². The van der Waals surface area contributed by atoms with Gasteiger partial charge in [-0.05, 0) is 30.5 Å². The van der Waals surface area contributed by atoms with Crippen molar-refractivity contribution in [3.8, 4) is 11.8 Å². The molecule has 21 heavy (non-hydrogen) atoms. The topological polar surface area (TPSA) is 49.3 Å². The lowest BCUT2D eigenvalue weighted by Crippen LogP contribution is -2.29. The molecule has 0 aromatic heterocycles. The van der Waals surface area contributed by atoms with Gasteiger partial charge in [-0.3, -0.25) is 4.79 Å². The van der Waals surface area contributed by atoms with Gasteiger partial charge < -0.3 is 10.4 Å². The Kier molecular flexibility index (Phi) is 7.56. The average Bonchev–Trinajstić information content (AvgIpc) is 2.48. The van der Waals surface area contributed by atoms with E-state index in [2.05, 4.69) is 31.0 Å². The largest absolute Gasteiger partial charge is 0.395 e. The number of hydrogen-bond acceptors (Lipinski definition) is 2. The normalized spacial score (nSPS) is 10.1. The number of amides is 1. The molecule has 0 saturated carbocycles. The summed E-state index contributed by atoms with van der Waals surface area (Å²) in [6.45, 7) is 6.98. The van der Waals surface area contributed by atoms with Crippen LogP contribution in [-0.4, -0.2) is 24.2 Å². The molecule has 3 heteroatoms. The number of benzene rings is 1. The van der Waals surface area contributed by atoms with Crippen molar-refractivity contribution in [2.75, 3.05) is 13.2 Å². The highest BCUT2D eigenvalue weighted by Gasteiger charge is 2.12. The second-order valence-corrected chi connectivity index (χ2v) is 5.22. The zero-order valence-corrected chi connectivity index (χ0v) is 13.2. The molecule has 0 spiro atoms. The van der Waals surface area contributed by atoms with Crippen molar-refractivity contribution >= 4 is 5.91 Å². The Bertz CT molecular complexity index is 522. The molecule has 1 amide bonds. The fraction of sp³-hybridized carbons (Fsp3) is 0.500. The first-order valence-corrected chi connectivity index (χ1v) is 7.60. The van der Waals surface area contributed by atoms with Crippen LogP contribution in [0.1, 0.15) is 54.6 Å². The minimum absolute atomic E-state index is 0.0367. The van der Waals surface area contributed by atoms with Gasteiger partial charge in [-0.25, -0.2) is 0 Å². The number of rotatable bonds is 6. The molecule has 1 aromatic carbocycles. The molecule has 0 unspecified atom stereocenters. The van der Waals surface area contributed by atoms with Crippen molar-refractivity contribution in [1.29, 1.82) is 0 Å². The molecule has 0 radical (unpaired) electrons. The molecule has 114 valence electrons. The Hall–Kier alpha value is -1.79. The monoisotopic (exact) mass is 287 g/mol. The lowest BCUT2D eigenvalue weighted by atomic mass is 10.0. The van der Waals surface area contributed by atoms with Crippen LogP contribution < -0.4 is 5.32 Å². The number of aryl methyl sites for hydroxylation is 1. The summed E-state index contributed by atoms with van der Waals surface area (Å²) in [5.41, 5.74) is 2.40. The highest BCUT2D eigenvalue weighted by molar-refractivity contribution is 5.96. The van der Waals surface area contributed by atoms with Gasteiger partial charge in [-0.2, -0.15) is 0 Å². The molecule has 0 fully saturated rings. The maximum Gasteiger partial charge on any atom is 0.252 e. The minimum Gasteiger partial charge on any atom is -0.395 e. The van der Waals surface area contributed by atoms with Crippen molar-refractivity contribution < 1.29 is 9.90 Å². The summed E-state index contributed by atoms with van der Waals surface area (Å²) in [5.74, 6) is 6.30. The van der Waals surface area contributed by atoms with Crippen LogP contribution in [0.3, 0.4) is 0 Å². The van der Waals surface area contributed by atoms with Crippen LogP contribution in [-0.2, 0) is 0 Å². The summed E-state index contributed by atoms with van der Waals surface area (Å²) in [4.78, 5) is 12.3. The van der Waals surface area contributed by atoms with Crippen LogP contribution in [0.15, 0.2) is 18.2 Å². The van der Waals surface area contributed by atoms with Crippen molar-refractivity contribution in [3.05, 3.63) is 34.9 Å². The van der Waals surface area contributed by atoms with Crippen LogP contribution in [0.4, 0.5) is 0 Å². The predicted octanol–water partition coefficient (Wildman–Crippen LogP) is 2.89. The summed E-state index contributed by atoms with van der Waals surface area (Å²) in [6, 6.07) is 5.65. The standard InChI is InChI=1S/C18H25NO2/c1-4-15(5-2)13-19-18(21)17-10-9-14(3)12-16(17)8-6-7-11-20/h9-10,12,15,20H,4-5,7,11,13H2,1-3H3,(H,19,21). The van der Waals surface area contributed by atoms with Crippen molar-refractivity contribution in [2.45, 2.75) is 40.0 Å². The average molecular weight is 287 g/mol. The van der Waals surface area contributed by atoms with Crippen LogP contribution in [0.2, 0.25) is 0 Å². The Morgan fingerprint density at radius 2 is 2.05 bits per heavy atom. The van der Waals surface area contributed by atoms with Gasteiger partial charge in [-0.1, -0.05) is 44.6 Å². The third kappa shape index (κ3) is 5.61. The van der Waals surface area contributed by atoms with Crippen molar-refractivity contribution in [2.24, 2.45) is 5.92 Å². The van der Waals surface area contributed by atoms with Crippen molar-refractivity contribution in [1.82, 2.24) is 5.32 Å². The number of carbonyl (C=O) groups is 1. The van der Waals surface area contributed by atoms with Crippen LogP contribution in [0.25, 0.3) is 0 Å². The highest BCUT2D eigenvalue weighted by atomic mass is 16.2. The summed E-state index contributed by atoms with van der Waals surface area (Å²) in [6.07, 6.45) is 2.55. The molecule has 0 heterocycles. The predicted molar refractivity (Wildman–Crippen MR) is 86.2 cm³/mol. The Morgan fingerprint density at radius 3 is 2.67 bits per heavy atom. The second kappa shape index (κ2) is 9.20. The van der Waals surface area contributed by atoms with E-state index in [0.717, 1.165) is 24.0 Å². The van der Waals surface area contributed by atoms with E-state index in [-0.39, 0.29) is 12.5 Å². The zero-order chi connectivity index (χ0) is 15.7. The second-order valence-electron chi connectivity index (χ2n) is 5.22. The van der Waals surface area contributed by atoms with Gasteiger partial charge in [0.25, 0.3) is 5.91 Å². The zero-order valence-electron chi connectivity index (χ0n) is 13.2. The SMILES string of the molecule is CCC(CC)CNC(=O)c1ccc(C)cc1C#CCCO. The quantitative estimate of drug-likeness (QED) is 0.790. The van der Waals surface area contributed by atoms with Crippen LogP contribution in [0.5, 0.6) is 0 Å². The van der Waals surface area contributed by atoms with Crippen molar-refractivity contribution in [3.63, 3.8) is 0 Å². The molecular formula is C18H25NO2. The van der Waals surface area contributed by atoms with E-state index in [1.54, 1.807) is 0 Å². The van der Waals surface area contributed by atoms with E-state index in [9.17, 15) is 4.79 Å². The smallest absolute Gasteiger partial charge is 0.252 e. The van der Waals surface area contributed by atoms with Gasteiger partial charge in [0.15, 0.2) is 0 Å². The molecular weight excluding hydrogens is 262 g/mol. The fourth-order valence-corrected chi connectivity index (χ4v) is 2.08. The van der Waals surface area contributed by atoms with Gasteiger partial charge in [0.1, 0.15) is 0 Å². The fourth-order valence-electron chi connectivity index (χ4n) is 2.08. The molecule has 0 bridgehead atoms. The van der Waals surface area contributed by atoms with Gasteiger partial charge in [0.05, 0.1) is 12.2 Å². The summed E-state index contributed by atoms with van der Waals surface area (Å²) < 4.78 is 0. The molecule has 0 atom stereocenters. The number of hydrogen-bond donors (Lipinski definition) is 2. The number of aliphatic hydroxyl groups is 1. The van der Waals surface area contributed by atoms with Crippen LogP contribution in [0, 0.1) is 24.7 Å². The summed E-state index contributed by atoms with van der Waals surface area (Å²) >= 11 is 0. The summed E-state index contributed by atoms with van der Waals surface area (Å²) in [5, 5.41) is 11.8. The Morgan fingerprint density at radius 1 is 1.33 bits per heavy atom. The molecule has 3 nitrogen and oxygen atoms in total. The first-order valence-electron chi connectivity index (χ1n) is 7.60. The third-order valence-electron chi connectivity index (χ3n) is 3.59. The van der Waals surface area contributed by atoms with Gasteiger partial charge in [0, 0.05) is 18.5 Å². The Balaban J connectivity index is 2.86. The number of nitrogens with one attached hydrogen (secondary N) is 1. The van der Waals surface area contributed by atoms with Crippen LogP contribution >= 0.6 is 0 Å². The Labute approximate surface area is 127 Å². The molecule has 0 aliphatic carbocycles. The maximum atomic E-state index is 12.3. The van der Waals surface area contributed by atoms with E-state index in [1.165, 1.54) is 0 Å². The molecule has 2 N–H and O–H groups in total. The highest BCUT2D eigenvalue weighted by Crippen LogP contribution is 2.12. The van der Waals surface area contributed by atoms with E-state index < -0.39 is 0 Å². The van der Waals surface area contributed by atoms with Gasteiger partial charge in [0.2, 0.25) is 0 Å². The molecule has 1 aromatic rings. The number of aliphatic hydroxyl groups excluding tert-OH is 1. The number of carbonyl (C=O) groups excluding carboxylic acids is 1. The van der Waals surface area contributed by atoms with E-state index in [0.29, 0.717) is 24.4 Å².